The Hall–Kier alpha value is -3.90. The molecule has 0 aliphatic rings. The number of hydrogen-bond donors (Lipinski definition) is 1. The molecule has 0 aliphatic carbocycles. The molecule has 5 rings (SSSR count). The number of anilines is 1. The molecule has 0 atom stereocenters. The van der Waals surface area contributed by atoms with Crippen LogP contribution >= 0.6 is 11.6 Å². The minimum Gasteiger partial charge on any atom is -0.489 e. The lowest BCUT2D eigenvalue weighted by molar-refractivity contribution is 0.299. The Morgan fingerprint density at radius 1 is 0.912 bits per heavy atom. The number of nitrogens with zero attached hydrogens (tertiary/aromatic N) is 2. The molecule has 2 aromatic heterocycles. The Bertz CT molecular complexity index is 1500. The first-order valence-corrected chi connectivity index (χ1v) is 11.0. The van der Waals surface area contributed by atoms with E-state index in [0.717, 1.165) is 46.1 Å². The molecule has 0 saturated heterocycles. The molecule has 0 fully saturated rings. The van der Waals surface area contributed by atoms with Gasteiger partial charge in [0.1, 0.15) is 29.8 Å². The van der Waals surface area contributed by atoms with E-state index in [9.17, 15) is 8.78 Å². The number of pyridine rings is 1. The molecule has 3 aromatic carbocycles. The summed E-state index contributed by atoms with van der Waals surface area (Å²) in [6.45, 7) is 0.362. The van der Waals surface area contributed by atoms with E-state index in [4.69, 9.17) is 22.1 Å². The van der Waals surface area contributed by atoms with Gasteiger partial charge in [-0.2, -0.15) is 0 Å². The lowest BCUT2D eigenvalue weighted by Gasteiger charge is -2.13. The highest BCUT2D eigenvalue weighted by molar-refractivity contribution is 6.33. The first-order valence-electron chi connectivity index (χ1n) is 10.6. The van der Waals surface area contributed by atoms with Crippen LogP contribution < -0.4 is 10.5 Å². The van der Waals surface area contributed by atoms with E-state index >= 15 is 0 Å². The molecule has 0 spiro atoms. The lowest BCUT2D eigenvalue weighted by Crippen LogP contribution is -2.05. The topological polar surface area (TPSA) is 53.1 Å². The van der Waals surface area contributed by atoms with Crippen molar-refractivity contribution in [3.05, 3.63) is 113 Å². The quantitative estimate of drug-likeness (QED) is 0.292. The smallest absolute Gasteiger partial charge is 0.130 e. The summed E-state index contributed by atoms with van der Waals surface area (Å²) < 4.78 is 35.4. The SMILES string of the molecule is Nc1cccc(Cn2c(-c3ccccc3Cl)cc3ccc(OCc4cc(F)ccc4F)cc32)n1. The summed E-state index contributed by atoms with van der Waals surface area (Å²) in [7, 11) is 0. The van der Waals surface area contributed by atoms with Crippen molar-refractivity contribution in [2.75, 3.05) is 5.73 Å². The second kappa shape index (κ2) is 9.15. The summed E-state index contributed by atoms with van der Waals surface area (Å²) in [5, 5.41) is 1.60. The van der Waals surface area contributed by atoms with Crippen LogP contribution in [0.2, 0.25) is 5.02 Å². The van der Waals surface area contributed by atoms with Crippen molar-refractivity contribution in [2.45, 2.75) is 13.2 Å². The fraction of sp³-hybridized carbons (Fsp3) is 0.0741. The van der Waals surface area contributed by atoms with Crippen molar-refractivity contribution in [1.29, 1.82) is 0 Å². The van der Waals surface area contributed by atoms with Crippen LogP contribution in [-0.2, 0) is 13.2 Å². The van der Waals surface area contributed by atoms with Gasteiger partial charge in [-0.05, 0) is 54.6 Å². The molecule has 34 heavy (non-hydrogen) atoms. The molecule has 170 valence electrons. The maximum absolute atomic E-state index is 14.0. The number of benzene rings is 3. The average Bonchev–Trinajstić information content (AvgIpc) is 3.17. The van der Waals surface area contributed by atoms with Gasteiger partial charge in [0, 0.05) is 27.6 Å². The van der Waals surface area contributed by atoms with E-state index in [1.165, 1.54) is 0 Å². The zero-order valence-electron chi connectivity index (χ0n) is 18.0. The Labute approximate surface area is 200 Å². The van der Waals surface area contributed by atoms with E-state index in [-0.39, 0.29) is 12.2 Å². The number of nitrogens with two attached hydrogens (primary N) is 1. The molecular formula is C27H20ClF2N3O. The minimum atomic E-state index is -0.514. The molecule has 4 nitrogen and oxygen atoms in total. The number of nitrogen functional groups attached to an aromatic ring is 1. The molecule has 2 N–H and O–H groups in total. The van der Waals surface area contributed by atoms with E-state index < -0.39 is 11.6 Å². The van der Waals surface area contributed by atoms with E-state index in [2.05, 4.69) is 15.6 Å². The highest BCUT2D eigenvalue weighted by Gasteiger charge is 2.15. The maximum atomic E-state index is 14.0. The van der Waals surface area contributed by atoms with Crippen LogP contribution in [0.3, 0.4) is 0 Å². The predicted octanol–water partition coefficient (Wildman–Crippen LogP) is 6.84. The molecule has 0 aliphatic heterocycles. The number of halogens is 3. The Morgan fingerprint density at radius 3 is 2.59 bits per heavy atom. The van der Waals surface area contributed by atoms with Gasteiger partial charge in [0.15, 0.2) is 0 Å². The first-order chi connectivity index (χ1) is 16.5. The Morgan fingerprint density at radius 2 is 1.76 bits per heavy atom. The summed E-state index contributed by atoms with van der Waals surface area (Å²) >= 11 is 6.52. The summed E-state index contributed by atoms with van der Waals surface area (Å²) in [6, 6.07) is 24.1. The minimum absolute atomic E-state index is 0.0933. The number of hydrogen-bond acceptors (Lipinski definition) is 3. The van der Waals surface area contributed by atoms with Crippen molar-refractivity contribution in [3.63, 3.8) is 0 Å². The van der Waals surface area contributed by atoms with Crippen LogP contribution in [0.15, 0.2) is 84.9 Å². The van der Waals surface area contributed by atoms with Crippen LogP contribution in [0.5, 0.6) is 5.75 Å². The van der Waals surface area contributed by atoms with Crippen molar-refractivity contribution < 1.29 is 13.5 Å². The van der Waals surface area contributed by atoms with Gasteiger partial charge in [-0.15, -0.1) is 0 Å². The highest BCUT2D eigenvalue weighted by Crippen LogP contribution is 2.35. The zero-order chi connectivity index (χ0) is 23.7. The predicted molar refractivity (Wildman–Crippen MR) is 131 cm³/mol. The molecule has 5 aromatic rings. The second-order valence-corrected chi connectivity index (χ2v) is 8.30. The third kappa shape index (κ3) is 4.45. The van der Waals surface area contributed by atoms with Gasteiger partial charge in [0.05, 0.1) is 23.4 Å². The third-order valence-electron chi connectivity index (χ3n) is 5.58. The van der Waals surface area contributed by atoms with E-state index in [1.54, 1.807) is 12.1 Å². The largest absolute Gasteiger partial charge is 0.489 e. The normalized spacial score (nSPS) is 11.1. The van der Waals surface area contributed by atoms with Crippen molar-refractivity contribution >= 4 is 28.3 Å². The molecule has 0 bridgehead atoms. The number of ether oxygens (including phenoxy) is 1. The Balaban J connectivity index is 1.57. The molecule has 0 radical (unpaired) electrons. The number of aromatic nitrogens is 2. The van der Waals surface area contributed by atoms with Gasteiger partial charge in [-0.1, -0.05) is 35.9 Å². The summed E-state index contributed by atoms with van der Waals surface area (Å²) in [4.78, 5) is 4.44. The van der Waals surface area contributed by atoms with Crippen LogP contribution in [0.25, 0.3) is 22.2 Å². The molecular weight excluding hydrogens is 456 g/mol. The van der Waals surface area contributed by atoms with Gasteiger partial charge in [-0.25, -0.2) is 13.8 Å². The van der Waals surface area contributed by atoms with Crippen molar-refractivity contribution in [2.24, 2.45) is 0 Å². The Kier molecular flexibility index (Phi) is 5.90. The van der Waals surface area contributed by atoms with Gasteiger partial charge in [-0.3, -0.25) is 0 Å². The summed E-state index contributed by atoms with van der Waals surface area (Å²) in [5.74, 6) is -0.0564. The third-order valence-corrected chi connectivity index (χ3v) is 5.91. The first kappa shape index (κ1) is 21.9. The number of rotatable bonds is 6. The molecule has 7 heteroatoms. The molecule has 0 amide bonds. The van der Waals surface area contributed by atoms with Gasteiger partial charge in [0.2, 0.25) is 0 Å². The van der Waals surface area contributed by atoms with Gasteiger partial charge in [0.25, 0.3) is 0 Å². The summed E-state index contributed by atoms with van der Waals surface area (Å²) in [6.07, 6.45) is 0. The standard InChI is InChI=1S/C27H20ClF2N3O/c28-23-6-2-1-5-22(23)26-13-17-8-10-21(34-16-18-12-19(29)9-11-24(18)30)14-25(17)33(26)15-20-4-3-7-27(31)32-20/h1-14H,15-16H2,(H2,31,32). The number of fused-ring (bicyclic) bond motifs is 1. The zero-order valence-corrected chi connectivity index (χ0v) is 18.8. The molecule has 0 saturated carbocycles. The van der Waals surface area contributed by atoms with Crippen LogP contribution in [-0.4, -0.2) is 9.55 Å². The van der Waals surface area contributed by atoms with Crippen molar-refractivity contribution in [3.8, 4) is 17.0 Å². The fourth-order valence-corrected chi connectivity index (χ4v) is 4.18. The maximum Gasteiger partial charge on any atom is 0.130 e. The van der Waals surface area contributed by atoms with Gasteiger partial charge >= 0.3 is 0 Å². The summed E-state index contributed by atoms with van der Waals surface area (Å²) in [5.41, 5.74) is 9.52. The van der Waals surface area contributed by atoms with Crippen molar-refractivity contribution in [1.82, 2.24) is 9.55 Å². The van der Waals surface area contributed by atoms with E-state index in [1.807, 2.05) is 48.5 Å². The average molecular weight is 476 g/mol. The fourth-order valence-electron chi connectivity index (χ4n) is 3.95. The van der Waals surface area contributed by atoms with Crippen LogP contribution in [0, 0.1) is 11.6 Å². The monoisotopic (exact) mass is 475 g/mol. The molecule has 2 heterocycles. The van der Waals surface area contributed by atoms with E-state index in [0.29, 0.717) is 23.1 Å². The highest BCUT2D eigenvalue weighted by atomic mass is 35.5. The van der Waals surface area contributed by atoms with Gasteiger partial charge < -0.3 is 15.0 Å². The second-order valence-electron chi connectivity index (χ2n) is 7.89. The van der Waals surface area contributed by atoms with Crippen LogP contribution in [0.1, 0.15) is 11.3 Å². The van der Waals surface area contributed by atoms with Crippen LogP contribution in [0.4, 0.5) is 14.6 Å². The molecule has 0 unspecified atom stereocenters. The lowest BCUT2D eigenvalue weighted by atomic mass is 10.1.